The van der Waals surface area contributed by atoms with E-state index in [1.54, 1.807) is 35.3 Å². The third kappa shape index (κ3) is 2.42. The van der Waals surface area contributed by atoms with E-state index in [4.69, 9.17) is 23.2 Å². The summed E-state index contributed by atoms with van der Waals surface area (Å²) in [7, 11) is 0. The van der Waals surface area contributed by atoms with Crippen LogP contribution < -0.4 is 0 Å². The quantitative estimate of drug-likeness (QED) is 0.541. The number of allylic oxidation sites excluding steroid dienone is 6. The minimum atomic E-state index is 0.390. The Kier molecular flexibility index (Phi) is 3.71. The smallest absolute Gasteiger partial charge is 0.0886 e. The van der Waals surface area contributed by atoms with Crippen LogP contribution >= 0.6 is 58.5 Å². The van der Waals surface area contributed by atoms with Gasteiger partial charge in [0, 0.05) is 9.81 Å². The Morgan fingerprint density at radius 2 is 1.29 bits per heavy atom. The third-order valence-electron chi connectivity index (χ3n) is 3.75. The van der Waals surface area contributed by atoms with E-state index in [2.05, 4.69) is 38.2 Å². The average molecular weight is 371 g/mol. The van der Waals surface area contributed by atoms with Gasteiger partial charge in [0.15, 0.2) is 0 Å². The number of hydrogen-bond acceptors (Lipinski definition) is 3. The van der Waals surface area contributed by atoms with Crippen molar-refractivity contribution >= 4 is 58.5 Å². The maximum absolute atomic E-state index is 6.47. The molecule has 4 rings (SSSR count). The Labute approximate surface area is 147 Å². The lowest BCUT2D eigenvalue weighted by molar-refractivity contribution is 1.36. The second-order valence-electron chi connectivity index (χ2n) is 5.41. The van der Waals surface area contributed by atoms with Crippen LogP contribution in [0.2, 0.25) is 0 Å². The van der Waals surface area contributed by atoms with Gasteiger partial charge in [0.05, 0.1) is 19.2 Å². The van der Waals surface area contributed by atoms with E-state index in [9.17, 15) is 0 Å². The first-order valence-corrected chi connectivity index (χ1v) is 9.97. The zero-order valence-corrected chi connectivity index (χ0v) is 15.4. The van der Waals surface area contributed by atoms with Crippen molar-refractivity contribution in [3.63, 3.8) is 0 Å². The summed E-state index contributed by atoms with van der Waals surface area (Å²) in [6, 6.07) is 0. The number of thioether (sulfide) groups is 3. The largest absolute Gasteiger partial charge is 0.100 e. The summed E-state index contributed by atoms with van der Waals surface area (Å²) in [6.45, 7) is 4.28. The highest BCUT2D eigenvalue weighted by Crippen LogP contribution is 2.59. The van der Waals surface area contributed by atoms with E-state index in [1.807, 2.05) is 0 Å². The van der Waals surface area contributed by atoms with Crippen LogP contribution in [0.5, 0.6) is 0 Å². The van der Waals surface area contributed by atoms with E-state index in [0.29, 0.717) is 10.5 Å². The summed E-state index contributed by atoms with van der Waals surface area (Å²) in [5, 5.41) is 0.781. The molecule has 0 fully saturated rings. The summed E-state index contributed by atoms with van der Waals surface area (Å²) in [4.78, 5) is 2.36. The van der Waals surface area contributed by atoms with Crippen LogP contribution in [0.15, 0.2) is 65.1 Å². The molecule has 108 valence electrons. The fourth-order valence-corrected chi connectivity index (χ4v) is 7.62. The predicted octanol–water partition coefficient (Wildman–Crippen LogP) is 6.54. The molecular weight excluding hydrogens is 359 g/mol. The maximum atomic E-state index is 6.47. The molecule has 0 aromatic carbocycles. The van der Waals surface area contributed by atoms with Crippen molar-refractivity contribution < 1.29 is 0 Å². The molecule has 5 heteroatoms. The molecule has 0 saturated heterocycles. The van der Waals surface area contributed by atoms with Gasteiger partial charge in [-0.05, 0) is 25.0 Å². The Bertz CT molecular complexity index is 673. The van der Waals surface area contributed by atoms with E-state index in [0.717, 1.165) is 8.73 Å². The minimum absolute atomic E-state index is 0.390. The van der Waals surface area contributed by atoms with Crippen molar-refractivity contribution in [3.8, 4) is 0 Å². The number of halogens is 2. The molecule has 4 aliphatic rings. The number of hydrogen-bond donors (Lipinski definition) is 0. The molecule has 2 atom stereocenters. The number of rotatable bonds is 2. The minimum Gasteiger partial charge on any atom is -0.100 e. The molecule has 0 spiro atoms. The summed E-state index contributed by atoms with van der Waals surface area (Å²) < 4.78 is 1.79. The van der Waals surface area contributed by atoms with Gasteiger partial charge in [-0.1, -0.05) is 70.4 Å². The average Bonchev–Trinajstić information content (AvgIpc) is 3.06. The van der Waals surface area contributed by atoms with Gasteiger partial charge in [-0.3, -0.25) is 0 Å². The summed E-state index contributed by atoms with van der Waals surface area (Å²) in [5.41, 5.74) is 5.31. The highest BCUT2D eigenvalue weighted by atomic mass is 35.5. The van der Waals surface area contributed by atoms with Crippen molar-refractivity contribution in [2.24, 2.45) is 0 Å². The highest BCUT2D eigenvalue weighted by molar-refractivity contribution is 8.13. The molecule has 21 heavy (non-hydrogen) atoms. The zero-order valence-electron chi connectivity index (χ0n) is 11.4. The molecule has 0 radical (unpaired) electrons. The number of fused-ring (bicyclic) bond motifs is 2. The predicted molar refractivity (Wildman–Crippen MR) is 99.8 cm³/mol. The second-order valence-corrected chi connectivity index (χ2v) is 9.93. The van der Waals surface area contributed by atoms with Crippen LogP contribution in [-0.4, -0.2) is 10.5 Å². The second kappa shape index (κ2) is 5.31. The van der Waals surface area contributed by atoms with E-state index >= 15 is 0 Å². The molecule has 0 bridgehead atoms. The van der Waals surface area contributed by atoms with E-state index in [-0.39, 0.29) is 0 Å². The first kappa shape index (κ1) is 14.6. The van der Waals surface area contributed by atoms with Gasteiger partial charge in [-0.25, -0.2) is 0 Å². The summed E-state index contributed by atoms with van der Waals surface area (Å²) >= 11 is 18.1. The van der Waals surface area contributed by atoms with Gasteiger partial charge in [0.25, 0.3) is 0 Å². The summed E-state index contributed by atoms with van der Waals surface area (Å²) in [6.07, 6.45) is 9.04. The van der Waals surface area contributed by atoms with E-state index < -0.39 is 0 Å². The van der Waals surface area contributed by atoms with Gasteiger partial charge in [-0.2, -0.15) is 0 Å². The van der Waals surface area contributed by atoms with Crippen LogP contribution in [0, 0.1) is 0 Å². The summed E-state index contributed by atoms with van der Waals surface area (Å²) in [5.74, 6) is 0. The Hall–Kier alpha value is 0.0700. The molecule has 2 aliphatic heterocycles. The first-order valence-electron chi connectivity index (χ1n) is 6.64. The van der Waals surface area contributed by atoms with Gasteiger partial charge >= 0.3 is 0 Å². The van der Waals surface area contributed by atoms with Crippen LogP contribution in [0.4, 0.5) is 0 Å². The lowest BCUT2D eigenvalue weighted by Gasteiger charge is -2.09. The van der Waals surface area contributed by atoms with Crippen molar-refractivity contribution in [1.82, 2.24) is 0 Å². The van der Waals surface area contributed by atoms with E-state index in [1.165, 1.54) is 32.1 Å². The van der Waals surface area contributed by atoms with Crippen molar-refractivity contribution in [2.75, 3.05) is 0 Å². The monoisotopic (exact) mass is 370 g/mol. The molecule has 0 aromatic rings. The van der Waals surface area contributed by atoms with Crippen LogP contribution in [0.1, 0.15) is 13.8 Å². The molecule has 0 nitrogen and oxygen atoms in total. The first-order chi connectivity index (χ1) is 10.0. The molecular formula is C16H12Cl2S3. The lowest BCUT2D eigenvalue weighted by atomic mass is 10.2. The molecule has 2 aliphatic carbocycles. The fraction of sp³-hybridized carbons (Fsp3) is 0.250. The standard InChI is InChI=1S/C16H12Cl2S3/c1-7-3-9-11(5-7)19-15(17)13(9)21-14-10-4-8(2)6-12(10)20-16(14)18/h3-6,11-12H,1-2H3. The normalized spacial score (nSPS) is 30.5. The molecule has 0 N–H and O–H groups in total. The topological polar surface area (TPSA) is 0 Å². The Morgan fingerprint density at radius 1 is 0.857 bits per heavy atom. The van der Waals surface area contributed by atoms with Crippen LogP contribution in [0.25, 0.3) is 0 Å². The molecule has 2 unspecified atom stereocenters. The van der Waals surface area contributed by atoms with Gasteiger partial charge < -0.3 is 0 Å². The molecule has 0 amide bonds. The molecule has 0 saturated carbocycles. The fourth-order valence-electron chi connectivity index (χ4n) is 2.85. The Balaban J connectivity index is 1.65. The van der Waals surface area contributed by atoms with Crippen molar-refractivity contribution in [3.05, 3.63) is 65.1 Å². The highest BCUT2D eigenvalue weighted by Gasteiger charge is 2.36. The SMILES string of the molecule is CC1=CC2SC(Cl)=C(SC3=C(Cl)SC4C=C(C)C=C34)C2=C1. The maximum Gasteiger partial charge on any atom is 0.0886 e. The van der Waals surface area contributed by atoms with Gasteiger partial charge in [0.2, 0.25) is 0 Å². The Morgan fingerprint density at radius 3 is 1.71 bits per heavy atom. The van der Waals surface area contributed by atoms with Crippen molar-refractivity contribution in [2.45, 2.75) is 24.3 Å². The van der Waals surface area contributed by atoms with Gasteiger partial charge in [-0.15, -0.1) is 23.5 Å². The zero-order chi connectivity index (χ0) is 14.7. The van der Waals surface area contributed by atoms with Crippen LogP contribution in [0.3, 0.4) is 0 Å². The molecule has 2 heterocycles. The molecule has 0 aromatic heterocycles. The van der Waals surface area contributed by atoms with Gasteiger partial charge in [0.1, 0.15) is 0 Å². The third-order valence-corrected chi connectivity index (χ3v) is 8.55. The lowest BCUT2D eigenvalue weighted by Crippen LogP contribution is -1.96. The van der Waals surface area contributed by atoms with Crippen LogP contribution in [-0.2, 0) is 0 Å². The van der Waals surface area contributed by atoms with Crippen molar-refractivity contribution in [1.29, 1.82) is 0 Å².